The van der Waals surface area contributed by atoms with E-state index in [1.54, 1.807) is 0 Å². The molecule has 100 valence electrons. The Morgan fingerprint density at radius 1 is 1.28 bits per heavy atom. The third-order valence-corrected chi connectivity index (χ3v) is 3.75. The molecule has 1 aromatic carbocycles. The van der Waals surface area contributed by atoms with Gasteiger partial charge in [-0.15, -0.1) is 0 Å². The van der Waals surface area contributed by atoms with Crippen molar-refractivity contribution in [3.63, 3.8) is 0 Å². The van der Waals surface area contributed by atoms with E-state index < -0.39 is 0 Å². The summed E-state index contributed by atoms with van der Waals surface area (Å²) in [6.07, 6.45) is 5.28. The first kappa shape index (κ1) is 13.6. The van der Waals surface area contributed by atoms with E-state index in [9.17, 15) is 0 Å². The predicted molar refractivity (Wildman–Crippen MR) is 75.8 cm³/mol. The number of aryl methyl sites for hydroxylation is 1. The Bertz CT molecular complexity index is 341. The van der Waals surface area contributed by atoms with E-state index in [2.05, 4.69) is 43.4 Å². The van der Waals surface area contributed by atoms with Crippen LogP contribution in [0.25, 0.3) is 0 Å². The molecule has 2 atom stereocenters. The fourth-order valence-electron chi connectivity index (χ4n) is 2.54. The molecule has 1 N–H and O–H groups in total. The van der Waals surface area contributed by atoms with Crippen LogP contribution >= 0.6 is 0 Å². The van der Waals surface area contributed by atoms with Gasteiger partial charge in [0, 0.05) is 19.2 Å². The van der Waals surface area contributed by atoms with E-state index in [-0.39, 0.29) is 0 Å². The minimum Gasteiger partial charge on any atom is -0.377 e. The van der Waals surface area contributed by atoms with E-state index in [0.29, 0.717) is 12.1 Å². The molecular weight excluding hydrogens is 222 g/mol. The maximum Gasteiger partial charge on any atom is 0.0699 e. The summed E-state index contributed by atoms with van der Waals surface area (Å²) < 4.78 is 5.77. The minimum atomic E-state index is 0.415. The van der Waals surface area contributed by atoms with Gasteiger partial charge in [-0.05, 0) is 38.2 Å². The molecule has 1 fully saturated rings. The van der Waals surface area contributed by atoms with Crippen molar-refractivity contribution in [2.75, 3.05) is 13.2 Å². The Morgan fingerprint density at radius 2 is 2.06 bits per heavy atom. The highest BCUT2D eigenvalue weighted by Crippen LogP contribution is 2.18. The number of nitrogens with one attached hydrogen (secondary N) is 1. The average molecular weight is 247 g/mol. The van der Waals surface area contributed by atoms with E-state index in [1.165, 1.54) is 30.4 Å². The molecule has 1 saturated heterocycles. The highest BCUT2D eigenvalue weighted by atomic mass is 16.5. The van der Waals surface area contributed by atoms with Crippen molar-refractivity contribution in [2.24, 2.45) is 0 Å². The third kappa shape index (κ3) is 3.82. The fraction of sp³-hybridized carbons (Fsp3) is 0.625. The lowest BCUT2D eigenvalue weighted by atomic mass is 10.0. The van der Waals surface area contributed by atoms with Crippen LogP contribution in [-0.2, 0) is 4.74 Å². The smallest absolute Gasteiger partial charge is 0.0699 e. The van der Waals surface area contributed by atoms with Gasteiger partial charge in [0.05, 0.1) is 6.10 Å². The largest absolute Gasteiger partial charge is 0.377 e. The van der Waals surface area contributed by atoms with Gasteiger partial charge in [0.25, 0.3) is 0 Å². The average Bonchev–Trinajstić information content (AvgIpc) is 2.42. The molecule has 2 rings (SSSR count). The Morgan fingerprint density at radius 3 is 2.67 bits per heavy atom. The predicted octanol–water partition coefficient (Wildman–Crippen LogP) is 3.60. The van der Waals surface area contributed by atoms with Gasteiger partial charge in [-0.1, -0.05) is 36.8 Å². The van der Waals surface area contributed by atoms with E-state index in [0.717, 1.165) is 19.6 Å². The lowest BCUT2D eigenvalue weighted by Gasteiger charge is -2.26. The van der Waals surface area contributed by atoms with E-state index in [1.807, 2.05) is 0 Å². The summed E-state index contributed by atoms with van der Waals surface area (Å²) >= 11 is 0. The fourth-order valence-corrected chi connectivity index (χ4v) is 2.54. The molecule has 0 saturated carbocycles. The molecule has 18 heavy (non-hydrogen) atoms. The minimum absolute atomic E-state index is 0.415. The first-order valence-corrected chi connectivity index (χ1v) is 7.21. The summed E-state index contributed by atoms with van der Waals surface area (Å²) in [4.78, 5) is 0. The zero-order valence-electron chi connectivity index (χ0n) is 11.6. The highest BCUT2D eigenvalue weighted by Gasteiger charge is 2.16. The molecule has 0 spiro atoms. The van der Waals surface area contributed by atoms with Gasteiger partial charge in [0.1, 0.15) is 0 Å². The van der Waals surface area contributed by atoms with Gasteiger partial charge in [-0.25, -0.2) is 0 Å². The lowest BCUT2D eigenvalue weighted by Crippen LogP contribution is -2.34. The maximum absolute atomic E-state index is 5.77. The van der Waals surface area contributed by atoms with Gasteiger partial charge in [0.15, 0.2) is 0 Å². The summed E-state index contributed by atoms with van der Waals surface area (Å²) in [7, 11) is 0. The Labute approximate surface area is 111 Å². The zero-order chi connectivity index (χ0) is 12.8. The number of benzene rings is 1. The summed E-state index contributed by atoms with van der Waals surface area (Å²) in [5.74, 6) is 0. The molecule has 2 nitrogen and oxygen atoms in total. The van der Waals surface area contributed by atoms with Crippen LogP contribution in [0.3, 0.4) is 0 Å². The molecule has 1 heterocycles. The van der Waals surface area contributed by atoms with Crippen molar-refractivity contribution >= 4 is 0 Å². The van der Waals surface area contributed by atoms with Crippen molar-refractivity contribution in [3.8, 4) is 0 Å². The number of hydrogen-bond donors (Lipinski definition) is 1. The van der Waals surface area contributed by atoms with E-state index in [4.69, 9.17) is 4.74 Å². The number of ether oxygens (including phenoxy) is 1. The van der Waals surface area contributed by atoms with Crippen LogP contribution in [-0.4, -0.2) is 19.3 Å². The van der Waals surface area contributed by atoms with Crippen molar-refractivity contribution in [3.05, 3.63) is 35.4 Å². The molecule has 0 radical (unpaired) electrons. The first-order valence-electron chi connectivity index (χ1n) is 7.21. The molecule has 0 aromatic heterocycles. The lowest BCUT2D eigenvalue weighted by molar-refractivity contribution is 0.0152. The Hall–Kier alpha value is -0.860. The second-order valence-corrected chi connectivity index (χ2v) is 5.27. The second kappa shape index (κ2) is 6.91. The van der Waals surface area contributed by atoms with Crippen LogP contribution in [0.2, 0.25) is 0 Å². The molecule has 0 aliphatic carbocycles. The standard InChI is InChI=1S/C16H25NO/c1-3-16(14-9-7-13(2)8-10-14)17-12-15-6-4-5-11-18-15/h7-10,15-17H,3-6,11-12H2,1-2H3. The monoisotopic (exact) mass is 247 g/mol. The second-order valence-electron chi connectivity index (χ2n) is 5.27. The number of hydrogen-bond acceptors (Lipinski definition) is 2. The van der Waals surface area contributed by atoms with Gasteiger partial charge in [-0.3, -0.25) is 0 Å². The molecule has 1 aromatic rings. The molecule has 1 aliphatic rings. The van der Waals surface area contributed by atoms with E-state index >= 15 is 0 Å². The van der Waals surface area contributed by atoms with Gasteiger partial charge in [0.2, 0.25) is 0 Å². The van der Waals surface area contributed by atoms with Gasteiger partial charge < -0.3 is 10.1 Å². The van der Waals surface area contributed by atoms with Crippen molar-refractivity contribution in [1.29, 1.82) is 0 Å². The quantitative estimate of drug-likeness (QED) is 0.858. The van der Waals surface area contributed by atoms with Crippen LogP contribution < -0.4 is 5.32 Å². The van der Waals surface area contributed by atoms with Crippen molar-refractivity contribution in [2.45, 2.75) is 51.7 Å². The number of rotatable bonds is 5. The molecular formula is C16H25NO. The SMILES string of the molecule is CCC(NCC1CCCCO1)c1ccc(C)cc1. The van der Waals surface area contributed by atoms with Crippen molar-refractivity contribution < 1.29 is 4.74 Å². The third-order valence-electron chi connectivity index (χ3n) is 3.75. The summed E-state index contributed by atoms with van der Waals surface area (Å²) in [6.45, 7) is 6.29. The van der Waals surface area contributed by atoms with Crippen LogP contribution in [0, 0.1) is 6.92 Å². The normalized spacial score (nSPS) is 21.8. The van der Waals surface area contributed by atoms with Crippen LogP contribution in [0.5, 0.6) is 0 Å². The molecule has 0 bridgehead atoms. The molecule has 1 aliphatic heterocycles. The maximum atomic E-state index is 5.77. The summed E-state index contributed by atoms with van der Waals surface area (Å²) in [5.41, 5.74) is 2.71. The van der Waals surface area contributed by atoms with Gasteiger partial charge >= 0.3 is 0 Å². The van der Waals surface area contributed by atoms with Crippen LogP contribution in [0.1, 0.15) is 49.8 Å². The Balaban J connectivity index is 1.86. The first-order chi connectivity index (χ1) is 8.79. The van der Waals surface area contributed by atoms with Crippen LogP contribution in [0.15, 0.2) is 24.3 Å². The summed E-state index contributed by atoms with van der Waals surface area (Å²) in [6, 6.07) is 9.31. The molecule has 2 unspecified atom stereocenters. The zero-order valence-corrected chi connectivity index (χ0v) is 11.6. The Kier molecular flexibility index (Phi) is 5.21. The topological polar surface area (TPSA) is 21.3 Å². The van der Waals surface area contributed by atoms with Crippen LogP contribution in [0.4, 0.5) is 0 Å². The van der Waals surface area contributed by atoms with Crippen molar-refractivity contribution in [1.82, 2.24) is 5.32 Å². The summed E-state index contributed by atoms with van der Waals surface area (Å²) in [5, 5.41) is 3.65. The highest BCUT2D eigenvalue weighted by molar-refractivity contribution is 5.24. The van der Waals surface area contributed by atoms with Gasteiger partial charge in [-0.2, -0.15) is 0 Å². The molecule has 2 heteroatoms. The molecule has 0 amide bonds.